The van der Waals surface area contributed by atoms with E-state index < -0.39 is 22.5 Å². The van der Waals surface area contributed by atoms with E-state index >= 15 is 0 Å². The molecule has 0 aliphatic heterocycles. The minimum atomic E-state index is -0.884. The summed E-state index contributed by atoms with van der Waals surface area (Å²) in [6.45, 7) is 1.76. The van der Waals surface area contributed by atoms with Gasteiger partial charge in [-0.05, 0) is 42.3 Å². The first kappa shape index (κ1) is 14.9. The van der Waals surface area contributed by atoms with Crippen molar-refractivity contribution >= 4 is 5.69 Å². The fourth-order valence-corrected chi connectivity index (χ4v) is 1.80. The van der Waals surface area contributed by atoms with Crippen molar-refractivity contribution in [1.29, 1.82) is 0 Å². The normalized spacial score (nSPS) is 12.0. The van der Waals surface area contributed by atoms with Gasteiger partial charge < -0.3 is 9.84 Å². The van der Waals surface area contributed by atoms with Crippen LogP contribution in [0.5, 0.6) is 5.75 Å². The van der Waals surface area contributed by atoms with Crippen LogP contribution in [0.25, 0.3) is 0 Å². The van der Waals surface area contributed by atoms with Crippen molar-refractivity contribution < 1.29 is 19.2 Å². The van der Waals surface area contributed by atoms with E-state index in [1.807, 2.05) is 0 Å². The van der Waals surface area contributed by atoms with Gasteiger partial charge in [-0.15, -0.1) is 0 Å². The van der Waals surface area contributed by atoms with Gasteiger partial charge in [0, 0.05) is 6.07 Å². The van der Waals surface area contributed by atoms with E-state index in [0.29, 0.717) is 11.3 Å². The maximum Gasteiger partial charge on any atom is 0.304 e. The van der Waals surface area contributed by atoms with E-state index in [9.17, 15) is 19.6 Å². The number of rotatable bonds is 5. The van der Waals surface area contributed by atoms with Gasteiger partial charge in [0.05, 0.1) is 11.0 Å². The van der Waals surface area contributed by atoms with Crippen molar-refractivity contribution in [2.45, 2.75) is 19.6 Å². The van der Waals surface area contributed by atoms with Crippen molar-refractivity contribution in [3.63, 3.8) is 0 Å². The van der Waals surface area contributed by atoms with Crippen LogP contribution < -0.4 is 4.74 Å². The van der Waals surface area contributed by atoms with Gasteiger partial charge >= 0.3 is 5.69 Å². The maximum atomic E-state index is 13.4. The third-order valence-electron chi connectivity index (χ3n) is 2.98. The van der Waals surface area contributed by atoms with Gasteiger partial charge in [0.15, 0.2) is 0 Å². The predicted octanol–water partition coefficient (Wildman–Crippen LogP) is 3.37. The van der Waals surface area contributed by atoms with Crippen LogP contribution in [0.2, 0.25) is 0 Å². The lowest BCUT2D eigenvalue weighted by Gasteiger charge is -2.08. The van der Waals surface area contributed by atoms with Gasteiger partial charge in [-0.1, -0.05) is 12.1 Å². The van der Waals surface area contributed by atoms with Crippen molar-refractivity contribution in [3.05, 3.63) is 69.5 Å². The van der Waals surface area contributed by atoms with Crippen molar-refractivity contribution in [1.82, 2.24) is 0 Å². The van der Waals surface area contributed by atoms with E-state index in [-0.39, 0.29) is 6.61 Å². The number of nitro groups is 1. The smallest absolute Gasteiger partial charge is 0.304 e. The number of halogens is 1. The van der Waals surface area contributed by atoms with E-state index in [1.54, 1.807) is 31.2 Å². The molecular weight excluding hydrogens is 277 g/mol. The zero-order valence-corrected chi connectivity index (χ0v) is 11.3. The highest BCUT2D eigenvalue weighted by Crippen LogP contribution is 2.21. The van der Waals surface area contributed by atoms with Crippen LogP contribution in [0.3, 0.4) is 0 Å². The second-order valence-electron chi connectivity index (χ2n) is 4.58. The number of nitro benzene ring substituents is 1. The highest BCUT2D eigenvalue weighted by molar-refractivity contribution is 5.35. The molecule has 21 heavy (non-hydrogen) atoms. The summed E-state index contributed by atoms with van der Waals surface area (Å²) in [5.74, 6) is -0.316. The third kappa shape index (κ3) is 3.76. The summed E-state index contributed by atoms with van der Waals surface area (Å²) in [5, 5.41) is 19.9. The molecule has 0 aliphatic carbocycles. The fraction of sp³-hybridized carbons (Fsp3) is 0.200. The molecule has 0 fully saturated rings. The van der Waals surface area contributed by atoms with Crippen molar-refractivity contribution in [2.24, 2.45) is 0 Å². The molecule has 0 bridgehead atoms. The van der Waals surface area contributed by atoms with Gasteiger partial charge in [0.1, 0.15) is 12.4 Å². The average molecular weight is 291 g/mol. The maximum absolute atomic E-state index is 13.4. The Bertz CT molecular complexity index is 641. The molecule has 5 nitrogen and oxygen atoms in total. The number of nitrogens with zero attached hydrogens (tertiary/aromatic N) is 1. The minimum absolute atomic E-state index is 0.100. The molecule has 0 radical (unpaired) electrons. The molecule has 2 aromatic carbocycles. The van der Waals surface area contributed by atoms with Crippen molar-refractivity contribution in [3.8, 4) is 5.75 Å². The summed E-state index contributed by atoms with van der Waals surface area (Å²) in [4.78, 5) is 9.74. The van der Waals surface area contributed by atoms with E-state index in [0.717, 1.165) is 17.7 Å². The first-order valence-electron chi connectivity index (χ1n) is 6.31. The topological polar surface area (TPSA) is 72.6 Å². The molecule has 0 spiro atoms. The van der Waals surface area contributed by atoms with Crippen LogP contribution >= 0.6 is 0 Å². The van der Waals surface area contributed by atoms with Gasteiger partial charge in [-0.25, -0.2) is 0 Å². The second-order valence-corrected chi connectivity index (χ2v) is 4.58. The Kier molecular flexibility index (Phi) is 4.49. The molecule has 110 valence electrons. The van der Waals surface area contributed by atoms with E-state index in [1.165, 1.54) is 6.07 Å². The molecule has 0 saturated carbocycles. The van der Waals surface area contributed by atoms with Crippen LogP contribution in [0.4, 0.5) is 10.1 Å². The van der Waals surface area contributed by atoms with Crippen LogP contribution in [-0.4, -0.2) is 10.0 Å². The van der Waals surface area contributed by atoms with E-state index in [4.69, 9.17) is 4.74 Å². The Labute approximate surface area is 120 Å². The lowest BCUT2D eigenvalue weighted by Crippen LogP contribution is -1.99. The summed E-state index contributed by atoms with van der Waals surface area (Å²) in [7, 11) is 0. The molecule has 2 rings (SSSR count). The SMILES string of the molecule is CC(O)c1ccc(OCc2ccc([N+](=O)[O-])c(F)c2)cc1. The molecule has 1 unspecified atom stereocenters. The highest BCUT2D eigenvalue weighted by Gasteiger charge is 2.13. The van der Waals surface area contributed by atoms with Gasteiger partial charge in [0.2, 0.25) is 5.82 Å². The van der Waals surface area contributed by atoms with Crippen molar-refractivity contribution in [2.75, 3.05) is 0 Å². The predicted molar refractivity (Wildman–Crippen MR) is 74.5 cm³/mol. The summed E-state index contributed by atoms with van der Waals surface area (Å²) in [6, 6.07) is 10.5. The van der Waals surface area contributed by atoms with Gasteiger partial charge in [-0.2, -0.15) is 4.39 Å². The standard InChI is InChI=1S/C15H14FNO4/c1-10(18)12-3-5-13(6-4-12)21-9-11-2-7-15(17(19)20)14(16)8-11/h2-8,10,18H,9H2,1H3. The van der Waals surface area contributed by atoms with E-state index in [2.05, 4.69) is 0 Å². The Morgan fingerprint density at radius 2 is 1.95 bits per heavy atom. The minimum Gasteiger partial charge on any atom is -0.489 e. The van der Waals surface area contributed by atoms with Gasteiger partial charge in [-0.3, -0.25) is 10.1 Å². The molecule has 0 aromatic heterocycles. The molecule has 0 saturated heterocycles. The Morgan fingerprint density at radius 1 is 1.29 bits per heavy atom. The first-order valence-corrected chi connectivity index (χ1v) is 6.31. The molecule has 6 heteroatoms. The summed E-state index contributed by atoms with van der Waals surface area (Å²) in [6.07, 6.45) is -0.553. The first-order chi connectivity index (χ1) is 9.97. The summed E-state index contributed by atoms with van der Waals surface area (Å²) in [5.41, 5.74) is 0.710. The Morgan fingerprint density at radius 3 is 2.48 bits per heavy atom. The monoisotopic (exact) mass is 291 g/mol. The van der Waals surface area contributed by atoms with Crippen LogP contribution in [-0.2, 0) is 6.61 Å². The molecule has 0 heterocycles. The largest absolute Gasteiger partial charge is 0.489 e. The number of ether oxygens (including phenoxy) is 1. The average Bonchev–Trinajstić information content (AvgIpc) is 2.45. The highest BCUT2D eigenvalue weighted by atomic mass is 19.1. The second kappa shape index (κ2) is 6.32. The summed E-state index contributed by atoms with van der Waals surface area (Å²) >= 11 is 0. The zero-order chi connectivity index (χ0) is 15.4. The molecule has 1 atom stereocenters. The molecule has 0 amide bonds. The number of aliphatic hydroxyl groups excluding tert-OH is 1. The summed E-state index contributed by atoms with van der Waals surface area (Å²) < 4.78 is 18.9. The lowest BCUT2D eigenvalue weighted by atomic mass is 10.1. The lowest BCUT2D eigenvalue weighted by molar-refractivity contribution is -0.387. The molecule has 0 aliphatic rings. The third-order valence-corrected chi connectivity index (χ3v) is 2.98. The Balaban J connectivity index is 2.03. The van der Waals surface area contributed by atoms with Gasteiger partial charge in [0.25, 0.3) is 0 Å². The van der Waals surface area contributed by atoms with Crippen LogP contribution in [0.1, 0.15) is 24.2 Å². The quantitative estimate of drug-likeness (QED) is 0.677. The number of hydrogen-bond donors (Lipinski definition) is 1. The molecular formula is C15H14FNO4. The van der Waals surface area contributed by atoms with Crippen LogP contribution in [0.15, 0.2) is 42.5 Å². The number of hydrogen-bond acceptors (Lipinski definition) is 4. The number of benzene rings is 2. The molecule has 1 N–H and O–H groups in total. The Hall–Kier alpha value is -2.47. The zero-order valence-electron chi connectivity index (χ0n) is 11.3. The number of aliphatic hydroxyl groups is 1. The van der Waals surface area contributed by atoms with Crippen LogP contribution in [0, 0.1) is 15.9 Å². The molecule has 2 aromatic rings. The fourth-order valence-electron chi connectivity index (χ4n) is 1.80.